The fraction of sp³-hybridized carbons (Fsp3) is 0.720. The van der Waals surface area contributed by atoms with Gasteiger partial charge in [-0.05, 0) is 75.6 Å². The van der Waals surface area contributed by atoms with Gasteiger partial charge in [-0.2, -0.15) is 0 Å². The molecule has 1 amide bonds. The summed E-state index contributed by atoms with van der Waals surface area (Å²) in [4.78, 5) is 17.9. The highest BCUT2D eigenvalue weighted by Gasteiger charge is 2.72. The van der Waals surface area contributed by atoms with Crippen LogP contribution in [0, 0.1) is 11.3 Å². The molecule has 6 heteroatoms. The van der Waals surface area contributed by atoms with Crippen molar-refractivity contribution >= 4 is 6.09 Å². The van der Waals surface area contributed by atoms with Crippen LogP contribution < -0.4 is 0 Å². The van der Waals surface area contributed by atoms with Crippen LogP contribution in [0.3, 0.4) is 0 Å². The Hall–Kier alpha value is -1.63. The van der Waals surface area contributed by atoms with Crippen LogP contribution in [0.25, 0.3) is 0 Å². The summed E-state index contributed by atoms with van der Waals surface area (Å²) in [5, 5.41) is 0. The quantitative estimate of drug-likeness (QED) is 0.502. The molecule has 3 bridgehead atoms. The number of nitrogens with zero attached hydrogens (tertiary/aromatic N) is 2. The molecule has 6 atom stereocenters. The van der Waals surface area contributed by atoms with E-state index in [4.69, 9.17) is 14.2 Å². The predicted octanol–water partition coefficient (Wildman–Crippen LogP) is 3.89. The Labute approximate surface area is 185 Å². The molecule has 1 aliphatic carbocycles. The van der Waals surface area contributed by atoms with Crippen molar-refractivity contribution in [1.29, 1.82) is 0 Å². The van der Waals surface area contributed by atoms with Crippen molar-refractivity contribution in [3.05, 3.63) is 36.5 Å². The Kier molecular flexibility index (Phi) is 5.51. The molecule has 3 saturated heterocycles. The zero-order valence-corrected chi connectivity index (χ0v) is 18.9. The summed E-state index contributed by atoms with van der Waals surface area (Å²) in [5.41, 5.74) is 0.455. The van der Waals surface area contributed by atoms with Crippen LogP contribution in [0.1, 0.15) is 44.9 Å². The number of ether oxygens (including phenoxy) is 3. The van der Waals surface area contributed by atoms with Gasteiger partial charge in [0.1, 0.15) is 0 Å². The lowest BCUT2D eigenvalue weighted by Gasteiger charge is -2.56. The predicted molar refractivity (Wildman–Crippen MR) is 119 cm³/mol. The second-order valence-corrected chi connectivity index (χ2v) is 9.94. The molecule has 4 heterocycles. The lowest BCUT2D eigenvalue weighted by atomic mass is 9.55. The molecule has 1 unspecified atom stereocenters. The first kappa shape index (κ1) is 21.2. The number of piperidine rings is 1. The molecule has 0 radical (unpaired) electrons. The first-order valence-electron chi connectivity index (χ1n) is 11.9. The third-order valence-electron chi connectivity index (χ3n) is 8.42. The standard InChI is InChI=1S/C25H36N2O4/c1-4-18-15-24-17-26-13-10-8-6-5-7-9-12-25(22(24)27(18)23(28)31-25)16-19(20(24)11-14-26)21(29-2)30-3/h4-5,7,16,18,20-22H,1,6,8-15,17H2,2-3H3/b7-5-/t18-,20-,22+,24-,25+/m0/s1. The molecule has 1 spiro atoms. The van der Waals surface area contributed by atoms with Gasteiger partial charge in [0.25, 0.3) is 0 Å². The van der Waals surface area contributed by atoms with Gasteiger partial charge >= 0.3 is 6.09 Å². The topological polar surface area (TPSA) is 51.2 Å². The van der Waals surface area contributed by atoms with Crippen LogP contribution in [0.4, 0.5) is 4.79 Å². The molecule has 6 nitrogen and oxygen atoms in total. The summed E-state index contributed by atoms with van der Waals surface area (Å²) in [6.45, 7) is 7.28. The normalized spacial score (nSPS) is 42.9. The largest absolute Gasteiger partial charge is 0.436 e. The fourth-order valence-corrected chi connectivity index (χ4v) is 7.37. The molecule has 5 aliphatic rings. The van der Waals surface area contributed by atoms with Gasteiger partial charge in [0.2, 0.25) is 0 Å². The summed E-state index contributed by atoms with van der Waals surface area (Å²) in [5.74, 6) is 0.314. The first-order valence-corrected chi connectivity index (χ1v) is 11.9. The average Bonchev–Trinajstić information content (AvgIpc) is 3.26. The molecular formula is C25H36N2O4. The maximum atomic E-state index is 13.2. The van der Waals surface area contributed by atoms with Gasteiger partial charge in [0, 0.05) is 26.2 Å². The van der Waals surface area contributed by atoms with E-state index in [2.05, 4.69) is 29.7 Å². The number of fused-ring (bicyclic) bond motifs is 1. The van der Waals surface area contributed by atoms with E-state index >= 15 is 0 Å². The van der Waals surface area contributed by atoms with E-state index in [1.807, 2.05) is 11.0 Å². The minimum Gasteiger partial charge on any atom is -0.436 e. The highest BCUT2D eigenvalue weighted by Crippen LogP contribution is 2.63. The molecule has 0 aromatic carbocycles. The highest BCUT2D eigenvalue weighted by molar-refractivity contribution is 5.75. The molecule has 4 aliphatic heterocycles. The zero-order valence-electron chi connectivity index (χ0n) is 18.9. The SMILES string of the molecule is C=C[C@H]1C[C@]23CN4CCCC/C=C\CC[C@]5(C=C(C(OC)OC)[C@@H]2CC4)OC(=O)N1[C@H]35. The molecule has 0 saturated carbocycles. The Morgan fingerprint density at radius 1 is 1.23 bits per heavy atom. The lowest BCUT2D eigenvalue weighted by molar-refractivity contribution is -0.110. The Bertz CT molecular complexity index is 790. The zero-order chi connectivity index (χ0) is 21.6. The van der Waals surface area contributed by atoms with Crippen molar-refractivity contribution in [2.45, 2.75) is 68.9 Å². The van der Waals surface area contributed by atoms with E-state index in [1.165, 1.54) is 18.4 Å². The summed E-state index contributed by atoms with van der Waals surface area (Å²) in [6, 6.07) is 0.0529. The average molecular weight is 429 g/mol. The monoisotopic (exact) mass is 428 g/mol. The van der Waals surface area contributed by atoms with Crippen molar-refractivity contribution in [3.63, 3.8) is 0 Å². The van der Waals surface area contributed by atoms with Gasteiger partial charge in [-0.3, -0.25) is 4.90 Å². The summed E-state index contributed by atoms with van der Waals surface area (Å²) in [7, 11) is 3.41. The number of amides is 1. The van der Waals surface area contributed by atoms with Crippen molar-refractivity contribution in [2.75, 3.05) is 33.9 Å². The van der Waals surface area contributed by atoms with Gasteiger partial charge in [0.15, 0.2) is 11.9 Å². The van der Waals surface area contributed by atoms with E-state index < -0.39 is 11.9 Å². The lowest BCUT2D eigenvalue weighted by Crippen LogP contribution is -2.63. The van der Waals surface area contributed by atoms with Crippen LogP contribution in [-0.4, -0.2) is 73.7 Å². The van der Waals surface area contributed by atoms with Crippen LogP contribution in [0.2, 0.25) is 0 Å². The van der Waals surface area contributed by atoms with Gasteiger partial charge in [-0.1, -0.05) is 18.2 Å². The van der Waals surface area contributed by atoms with E-state index in [1.54, 1.807) is 14.2 Å². The smallest absolute Gasteiger partial charge is 0.411 e. The summed E-state index contributed by atoms with van der Waals surface area (Å²) < 4.78 is 17.9. The van der Waals surface area contributed by atoms with Gasteiger partial charge in [-0.25, -0.2) is 4.79 Å². The van der Waals surface area contributed by atoms with Crippen molar-refractivity contribution < 1.29 is 19.0 Å². The molecule has 31 heavy (non-hydrogen) atoms. The summed E-state index contributed by atoms with van der Waals surface area (Å²) in [6.07, 6.45) is 15.4. The van der Waals surface area contributed by atoms with Crippen LogP contribution >= 0.6 is 0 Å². The Balaban J connectivity index is 1.68. The Morgan fingerprint density at radius 2 is 2.03 bits per heavy atom. The molecular weight excluding hydrogens is 392 g/mol. The summed E-state index contributed by atoms with van der Waals surface area (Å²) >= 11 is 0. The molecule has 3 fully saturated rings. The van der Waals surface area contributed by atoms with Crippen molar-refractivity contribution in [3.8, 4) is 0 Å². The number of hydrogen-bond acceptors (Lipinski definition) is 5. The Morgan fingerprint density at radius 3 is 2.81 bits per heavy atom. The third kappa shape index (κ3) is 3.13. The third-order valence-corrected chi connectivity index (χ3v) is 8.42. The van der Waals surface area contributed by atoms with Crippen molar-refractivity contribution in [1.82, 2.24) is 9.80 Å². The van der Waals surface area contributed by atoms with Crippen LogP contribution in [0.15, 0.2) is 36.5 Å². The van der Waals surface area contributed by atoms with Gasteiger partial charge in [-0.15, -0.1) is 6.58 Å². The second kappa shape index (κ2) is 8.05. The molecule has 170 valence electrons. The second-order valence-electron chi connectivity index (χ2n) is 9.94. The number of carbonyl (C=O) groups excluding carboxylic acids is 1. The van der Waals surface area contributed by atoms with Gasteiger partial charge < -0.3 is 19.1 Å². The number of rotatable bonds is 4. The molecule has 0 N–H and O–H groups in total. The maximum Gasteiger partial charge on any atom is 0.411 e. The molecule has 0 aromatic rings. The minimum atomic E-state index is -0.641. The van der Waals surface area contributed by atoms with E-state index in [9.17, 15) is 4.79 Å². The van der Waals surface area contributed by atoms with E-state index in [-0.39, 0.29) is 23.6 Å². The highest BCUT2D eigenvalue weighted by atomic mass is 16.7. The van der Waals surface area contributed by atoms with Crippen LogP contribution in [0.5, 0.6) is 0 Å². The fourth-order valence-electron chi connectivity index (χ4n) is 7.37. The minimum absolute atomic E-state index is 0.0153. The number of allylic oxidation sites excluding steroid dienone is 2. The maximum absolute atomic E-state index is 13.2. The molecule has 0 aromatic heterocycles. The van der Waals surface area contributed by atoms with Crippen LogP contribution in [-0.2, 0) is 14.2 Å². The number of hydrogen-bond donors (Lipinski definition) is 0. The number of methoxy groups -OCH3 is 2. The van der Waals surface area contributed by atoms with Crippen molar-refractivity contribution in [2.24, 2.45) is 11.3 Å². The molecule has 5 rings (SSSR count). The van der Waals surface area contributed by atoms with Gasteiger partial charge in [0.05, 0.1) is 12.1 Å². The number of carbonyl (C=O) groups is 1. The first-order chi connectivity index (χ1) is 15.1. The van der Waals surface area contributed by atoms with E-state index in [0.717, 1.165) is 51.7 Å². The van der Waals surface area contributed by atoms with E-state index in [0.29, 0.717) is 5.92 Å².